The monoisotopic (exact) mass is 680 g/mol. The van der Waals surface area contributed by atoms with Crippen LogP contribution < -0.4 is 0 Å². The number of ether oxygens (including phenoxy) is 4. The lowest BCUT2D eigenvalue weighted by atomic mass is 9.99. The van der Waals surface area contributed by atoms with Crippen molar-refractivity contribution in [3.05, 3.63) is 48.6 Å². The molecule has 10 nitrogen and oxygen atoms in total. The SMILES string of the molecule is CC/C=C/C=C/C=C/CCCCCCCC(=O)OC(COC(=O)CCCCCC/C=C/CCCC)CO[C@@H]1O[C@H](CO)[C@H](O)C(O)C1O. The van der Waals surface area contributed by atoms with Crippen molar-refractivity contribution in [1.29, 1.82) is 0 Å². The summed E-state index contributed by atoms with van der Waals surface area (Å²) in [5.74, 6) is -0.855. The van der Waals surface area contributed by atoms with Gasteiger partial charge in [0, 0.05) is 12.8 Å². The molecule has 0 bridgehead atoms. The van der Waals surface area contributed by atoms with Crippen molar-refractivity contribution in [2.45, 2.75) is 160 Å². The summed E-state index contributed by atoms with van der Waals surface area (Å²) in [6.45, 7) is 3.17. The lowest BCUT2D eigenvalue weighted by Gasteiger charge is -2.39. The number of esters is 2. The number of aliphatic hydroxyl groups excluding tert-OH is 4. The molecule has 1 aliphatic rings. The van der Waals surface area contributed by atoms with Gasteiger partial charge in [-0.3, -0.25) is 9.59 Å². The highest BCUT2D eigenvalue weighted by molar-refractivity contribution is 5.70. The van der Waals surface area contributed by atoms with Gasteiger partial charge in [-0.1, -0.05) is 107 Å². The van der Waals surface area contributed by atoms with Crippen LogP contribution in [-0.2, 0) is 28.5 Å². The molecule has 0 aliphatic carbocycles. The highest BCUT2D eigenvalue weighted by Crippen LogP contribution is 2.22. The van der Waals surface area contributed by atoms with Crippen LogP contribution in [0, 0.1) is 0 Å². The summed E-state index contributed by atoms with van der Waals surface area (Å²) < 4.78 is 22.0. The van der Waals surface area contributed by atoms with Crippen LogP contribution in [0.2, 0.25) is 0 Å². The van der Waals surface area contributed by atoms with Crippen LogP contribution >= 0.6 is 0 Å². The van der Waals surface area contributed by atoms with Gasteiger partial charge in [-0.05, 0) is 51.4 Å². The van der Waals surface area contributed by atoms with Gasteiger partial charge >= 0.3 is 11.9 Å². The Morgan fingerprint density at radius 1 is 0.667 bits per heavy atom. The zero-order valence-electron chi connectivity index (χ0n) is 29.5. The largest absolute Gasteiger partial charge is 0.462 e. The molecule has 1 rings (SSSR count). The Hall–Kier alpha value is -2.34. The minimum atomic E-state index is -1.60. The van der Waals surface area contributed by atoms with Gasteiger partial charge in [0.05, 0.1) is 13.2 Å². The molecule has 276 valence electrons. The fourth-order valence-corrected chi connectivity index (χ4v) is 5.05. The summed E-state index contributed by atoms with van der Waals surface area (Å²) in [7, 11) is 0. The van der Waals surface area contributed by atoms with Gasteiger partial charge in [0.2, 0.25) is 0 Å². The highest BCUT2D eigenvalue weighted by atomic mass is 16.7. The average Bonchev–Trinajstić information content (AvgIpc) is 3.08. The number of carbonyl (C=O) groups excluding carboxylic acids is 2. The van der Waals surface area contributed by atoms with Gasteiger partial charge in [0.15, 0.2) is 12.4 Å². The highest BCUT2D eigenvalue weighted by Gasteiger charge is 2.44. The van der Waals surface area contributed by atoms with Gasteiger partial charge in [0.25, 0.3) is 0 Å². The van der Waals surface area contributed by atoms with Crippen LogP contribution in [-0.4, -0.2) is 89.0 Å². The summed E-state index contributed by atoms with van der Waals surface area (Å²) in [6.07, 6.45) is 24.2. The molecule has 4 N–H and O–H groups in total. The van der Waals surface area contributed by atoms with Crippen molar-refractivity contribution in [3.8, 4) is 0 Å². The second-order valence-corrected chi connectivity index (χ2v) is 12.3. The predicted molar refractivity (Wildman–Crippen MR) is 187 cm³/mol. The maximum absolute atomic E-state index is 12.6. The van der Waals surface area contributed by atoms with Crippen molar-refractivity contribution in [3.63, 3.8) is 0 Å². The van der Waals surface area contributed by atoms with Crippen molar-refractivity contribution in [1.82, 2.24) is 0 Å². The molecule has 48 heavy (non-hydrogen) atoms. The number of allylic oxidation sites excluding steroid dienone is 8. The number of hydrogen-bond donors (Lipinski definition) is 4. The molecular formula is C38H64O10. The number of unbranched alkanes of at least 4 members (excludes halogenated alkanes) is 11. The topological polar surface area (TPSA) is 152 Å². The molecule has 0 saturated carbocycles. The van der Waals surface area contributed by atoms with Gasteiger partial charge < -0.3 is 39.4 Å². The Labute approximate surface area is 288 Å². The standard InChI is InChI=1S/C38H64O10/c1-3-5-7-9-11-13-15-16-17-19-21-23-25-27-34(41)47-31(30-46-38-37(44)36(43)35(42)32(28-39)48-38)29-45-33(40)26-24-22-20-18-14-12-10-8-6-4-2/h5,7,9-13,15,31-32,35-39,42-44H,3-4,6,8,14,16-30H2,1-2H3/b7-5+,11-9+,12-10+,15-13+/t31?,32-,35+,36?,37?,38-/m1/s1. The second-order valence-electron chi connectivity index (χ2n) is 12.3. The normalized spacial score (nSPS) is 22.3. The first-order valence-corrected chi connectivity index (χ1v) is 18.2. The summed E-state index contributed by atoms with van der Waals surface area (Å²) in [5.41, 5.74) is 0. The number of aliphatic hydroxyl groups is 4. The van der Waals surface area contributed by atoms with E-state index in [1.807, 2.05) is 18.2 Å². The number of hydrogen-bond acceptors (Lipinski definition) is 10. The van der Waals surface area contributed by atoms with Crippen LogP contribution in [0.4, 0.5) is 0 Å². The van der Waals surface area contributed by atoms with E-state index in [0.717, 1.165) is 70.6 Å². The molecule has 0 aromatic carbocycles. The zero-order chi connectivity index (χ0) is 35.2. The van der Waals surface area contributed by atoms with E-state index in [9.17, 15) is 30.0 Å². The lowest BCUT2D eigenvalue weighted by molar-refractivity contribution is -0.305. The molecule has 1 saturated heterocycles. The molecule has 0 spiro atoms. The van der Waals surface area contributed by atoms with Crippen LogP contribution in [0.25, 0.3) is 0 Å². The van der Waals surface area contributed by atoms with Gasteiger partial charge in [-0.2, -0.15) is 0 Å². The Kier molecular flexibility index (Phi) is 26.9. The van der Waals surface area contributed by atoms with E-state index in [-0.39, 0.29) is 26.1 Å². The molecule has 0 aromatic heterocycles. The van der Waals surface area contributed by atoms with Gasteiger partial charge in [0.1, 0.15) is 31.0 Å². The molecule has 1 aliphatic heterocycles. The molecule has 1 fully saturated rings. The number of carbonyl (C=O) groups is 2. The third kappa shape index (κ3) is 21.6. The first-order chi connectivity index (χ1) is 23.3. The molecule has 1 heterocycles. The van der Waals surface area contributed by atoms with E-state index in [4.69, 9.17) is 18.9 Å². The van der Waals surface area contributed by atoms with Crippen molar-refractivity contribution < 1.29 is 49.0 Å². The molecule has 3 unspecified atom stereocenters. The quantitative estimate of drug-likeness (QED) is 0.0328. The molecule has 0 aromatic rings. The van der Waals surface area contributed by atoms with E-state index in [2.05, 4.69) is 44.2 Å². The van der Waals surface area contributed by atoms with E-state index in [1.54, 1.807) is 0 Å². The fourth-order valence-electron chi connectivity index (χ4n) is 5.05. The van der Waals surface area contributed by atoms with E-state index < -0.39 is 55.4 Å². The molecule has 0 amide bonds. The Morgan fingerprint density at radius 2 is 1.25 bits per heavy atom. The van der Waals surface area contributed by atoms with Gasteiger partial charge in [-0.25, -0.2) is 0 Å². The third-order valence-electron chi connectivity index (χ3n) is 8.01. The minimum absolute atomic E-state index is 0.203. The smallest absolute Gasteiger partial charge is 0.306 e. The van der Waals surface area contributed by atoms with Crippen molar-refractivity contribution >= 4 is 11.9 Å². The average molecular weight is 681 g/mol. The second kappa shape index (κ2) is 29.6. The summed E-state index contributed by atoms with van der Waals surface area (Å²) in [5, 5.41) is 39.8. The van der Waals surface area contributed by atoms with Crippen LogP contribution in [0.1, 0.15) is 123 Å². The molecule has 0 radical (unpaired) electrons. The predicted octanol–water partition coefficient (Wildman–Crippen LogP) is 6.15. The van der Waals surface area contributed by atoms with Gasteiger partial charge in [-0.15, -0.1) is 0 Å². The van der Waals surface area contributed by atoms with E-state index in [0.29, 0.717) is 12.8 Å². The number of rotatable bonds is 28. The van der Waals surface area contributed by atoms with Crippen LogP contribution in [0.3, 0.4) is 0 Å². The minimum Gasteiger partial charge on any atom is -0.462 e. The molecule has 10 heteroatoms. The fraction of sp³-hybridized carbons (Fsp3) is 0.737. The van der Waals surface area contributed by atoms with E-state index >= 15 is 0 Å². The Bertz CT molecular complexity index is 928. The Morgan fingerprint density at radius 3 is 1.90 bits per heavy atom. The summed E-state index contributed by atoms with van der Waals surface area (Å²) in [4.78, 5) is 25.1. The van der Waals surface area contributed by atoms with Crippen LogP contribution in [0.15, 0.2) is 48.6 Å². The maximum atomic E-state index is 12.6. The maximum Gasteiger partial charge on any atom is 0.306 e. The molecular weight excluding hydrogens is 616 g/mol. The van der Waals surface area contributed by atoms with Crippen molar-refractivity contribution in [2.75, 3.05) is 19.8 Å². The third-order valence-corrected chi connectivity index (χ3v) is 8.01. The first kappa shape index (κ1) is 43.7. The zero-order valence-corrected chi connectivity index (χ0v) is 29.5. The lowest BCUT2D eigenvalue weighted by Crippen LogP contribution is -2.59. The van der Waals surface area contributed by atoms with Crippen LogP contribution in [0.5, 0.6) is 0 Å². The molecule has 6 atom stereocenters. The first-order valence-electron chi connectivity index (χ1n) is 18.2. The van der Waals surface area contributed by atoms with Crippen molar-refractivity contribution in [2.24, 2.45) is 0 Å². The van der Waals surface area contributed by atoms with E-state index in [1.165, 1.54) is 12.8 Å². The summed E-state index contributed by atoms with van der Waals surface area (Å²) >= 11 is 0. The Balaban J connectivity index is 2.46. The summed E-state index contributed by atoms with van der Waals surface area (Å²) in [6, 6.07) is 0.